The number of azo groups is 1. The van der Waals surface area contributed by atoms with E-state index in [0.29, 0.717) is 0 Å². The van der Waals surface area contributed by atoms with E-state index in [0.717, 1.165) is 0 Å². The topological polar surface area (TPSA) is 45.0 Å². The number of aliphatic hydroxyl groups is 1. The third-order valence-electron chi connectivity index (χ3n) is 1.11. The molecule has 0 radical (unpaired) electrons. The predicted molar refractivity (Wildman–Crippen MR) is 29.5 cm³/mol. The Morgan fingerprint density at radius 3 is 2.75 bits per heavy atom. The molecule has 1 heterocycles. The van der Waals surface area contributed by atoms with Gasteiger partial charge in [0.15, 0.2) is 0 Å². The van der Waals surface area contributed by atoms with Crippen LogP contribution in [0.5, 0.6) is 0 Å². The number of aliphatic hydroxyl groups excluding tert-OH is 1. The maximum Gasteiger partial charge on any atom is 0.122 e. The summed E-state index contributed by atoms with van der Waals surface area (Å²) in [4.78, 5) is 0. The molecule has 0 bridgehead atoms. The number of rotatable bonds is 1. The summed E-state index contributed by atoms with van der Waals surface area (Å²) in [6.07, 6.45) is 3.36. The predicted octanol–water partition coefficient (Wildman–Crippen LogP) is 0.717. The van der Waals surface area contributed by atoms with Crippen molar-refractivity contribution in [1.29, 1.82) is 0 Å². The summed E-state index contributed by atoms with van der Waals surface area (Å²) < 4.78 is 0. The minimum absolute atomic E-state index is 0.0347. The van der Waals surface area contributed by atoms with Gasteiger partial charge >= 0.3 is 0 Å². The quantitative estimate of drug-likeness (QED) is 0.533. The first-order valence-corrected chi connectivity index (χ1v) is 2.47. The molecule has 44 valence electrons. The lowest BCUT2D eigenvalue weighted by molar-refractivity contribution is 0.238. The molecule has 0 saturated carbocycles. The van der Waals surface area contributed by atoms with Gasteiger partial charge in [0.1, 0.15) is 5.54 Å². The summed E-state index contributed by atoms with van der Waals surface area (Å²) in [6, 6.07) is 0. The standard InChI is InChI=1S/C5H8N2O/c1-5(4-8)2-3-6-7-5/h2-3,8H,4H2,1H3. The Morgan fingerprint density at radius 2 is 2.50 bits per heavy atom. The molecule has 1 atom stereocenters. The molecule has 0 spiro atoms. The van der Waals surface area contributed by atoms with Gasteiger partial charge in [-0.2, -0.15) is 10.2 Å². The van der Waals surface area contributed by atoms with Gasteiger partial charge in [0.2, 0.25) is 0 Å². The highest BCUT2D eigenvalue weighted by Crippen LogP contribution is 2.16. The van der Waals surface area contributed by atoms with E-state index in [1.165, 1.54) is 0 Å². The number of nitrogens with zero attached hydrogens (tertiary/aromatic N) is 2. The molecule has 0 aromatic carbocycles. The van der Waals surface area contributed by atoms with E-state index in [2.05, 4.69) is 10.2 Å². The first-order valence-electron chi connectivity index (χ1n) is 2.47. The molecule has 0 saturated heterocycles. The van der Waals surface area contributed by atoms with Crippen LogP contribution in [-0.4, -0.2) is 17.3 Å². The lowest BCUT2D eigenvalue weighted by Gasteiger charge is -2.09. The van der Waals surface area contributed by atoms with Crippen molar-refractivity contribution >= 4 is 0 Å². The first-order chi connectivity index (χ1) is 3.77. The molecule has 3 nitrogen and oxygen atoms in total. The summed E-state index contributed by atoms with van der Waals surface area (Å²) in [7, 11) is 0. The maximum atomic E-state index is 8.62. The fourth-order valence-electron chi connectivity index (χ4n) is 0.477. The van der Waals surface area contributed by atoms with E-state index in [1.54, 1.807) is 12.3 Å². The van der Waals surface area contributed by atoms with Gasteiger partial charge in [0, 0.05) is 6.20 Å². The van der Waals surface area contributed by atoms with Crippen molar-refractivity contribution in [2.45, 2.75) is 12.5 Å². The van der Waals surface area contributed by atoms with Gasteiger partial charge in [0.05, 0.1) is 6.61 Å². The molecule has 8 heavy (non-hydrogen) atoms. The Morgan fingerprint density at radius 1 is 1.75 bits per heavy atom. The zero-order valence-electron chi connectivity index (χ0n) is 4.70. The third kappa shape index (κ3) is 0.767. The molecule has 0 aliphatic carbocycles. The summed E-state index contributed by atoms with van der Waals surface area (Å²) in [5, 5.41) is 16.0. The average Bonchev–Trinajstić information content (AvgIpc) is 2.17. The molecule has 1 aliphatic heterocycles. The van der Waals surface area contributed by atoms with Crippen LogP contribution in [0.15, 0.2) is 22.5 Å². The second kappa shape index (κ2) is 1.67. The van der Waals surface area contributed by atoms with Crippen molar-refractivity contribution in [2.75, 3.05) is 6.61 Å². The number of hydrogen-bond donors (Lipinski definition) is 1. The van der Waals surface area contributed by atoms with E-state index in [-0.39, 0.29) is 6.61 Å². The average molecular weight is 112 g/mol. The Labute approximate surface area is 47.7 Å². The highest BCUT2D eigenvalue weighted by molar-refractivity contribution is 5.06. The molecule has 1 unspecified atom stereocenters. The second-order valence-electron chi connectivity index (χ2n) is 2.05. The molecule has 0 amide bonds. The number of hydrogen-bond acceptors (Lipinski definition) is 3. The molecule has 1 rings (SSSR count). The van der Waals surface area contributed by atoms with Crippen molar-refractivity contribution in [3.05, 3.63) is 12.3 Å². The van der Waals surface area contributed by atoms with Crippen molar-refractivity contribution in [1.82, 2.24) is 0 Å². The molecule has 1 N–H and O–H groups in total. The molecular weight excluding hydrogens is 104 g/mol. The molecule has 0 fully saturated rings. The summed E-state index contributed by atoms with van der Waals surface area (Å²) >= 11 is 0. The smallest absolute Gasteiger partial charge is 0.122 e. The van der Waals surface area contributed by atoms with E-state index < -0.39 is 5.54 Å². The minimum Gasteiger partial charge on any atom is -0.393 e. The zero-order valence-corrected chi connectivity index (χ0v) is 4.70. The monoisotopic (exact) mass is 112 g/mol. The fraction of sp³-hybridized carbons (Fsp3) is 0.600. The Bertz CT molecular complexity index is 127. The fourth-order valence-corrected chi connectivity index (χ4v) is 0.477. The van der Waals surface area contributed by atoms with Crippen molar-refractivity contribution < 1.29 is 5.11 Å². The van der Waals surface area contributed by atoms with Crippen molar-refractivity contribution in [3.8, 4) is 0 Å². The van der Waals surface area contributed by atoms with Crippen LogP contribution in [0.4, 0.5) is 0 Å². The highest BCUT2D eigenvalue weighted by atomic mass is 16.3. The van der Waals surface area contributed by atoms with Crippen LogP contribution in [0.2, 0.25) is 0 Å². The van der Waals surface area contributed by atoms with Crippen molar-refractivity contribution in [3.63, 3.8) is 0 Å². The van der Waals surface area contributed by atoms with E-state index in [4.69, 9.17) is 5.11 Å². The van der Waals surface area contributed by atoms with Crippen LogP contribution >= 0.6 is 0 Å². The largest absolute Gasteiger partial charge is 0.393 e. The van der Waals surface area contributed by atoms with Gasteiger partial charge < -0.3 is 5.11 Å². The normalized spacial score (nSPS) is 34.2. The van der Waals surface area contributed by atoms with Crippen LogP contribution in [0.3, 0.4) is 0 Å². The van der Waals surface area contributed by atoms with E-state index in [1.807, 2.05) is 6.92 Å². The summed E-state index contributed by atoms with van der Waals surface area (Å²) in [5.41, 5.74) is -0.431. The van der Waals surface area contributed by atoms with E-state index >= 15 is 0 Å². The lowest BCUT2D eigenvalue weighted by Crippen LogP contribution is -2.20. The lowest BCUT2D eigenvalue weighted by atomic mass is 10.1. The van der Waals surface area contributed by atoms with Gasteiger partial charge in [-0.05, 0) is 13.0 Å². The molecule has 1 aliphatic rings. The van der Waals surface area contributed by atoms with Crippen LogP contribution in [-0.2, 0) is 0 Å². The van der Waals surface area contributed by atoms with Gasteiger partial charge in [-0.1, -0.05) is 0 Å². The van der Waals surface area contributed by atoms with Crippen molar-refractivity contribution in [2.24, 2.45) is 10.2 Å². The van der Waals surface area contributed by atoms with Gasteiger partial charge in [-0.3, -0.25) is 0 Å². The van der Waals surface area contributed by atoms with Gasteiger partial charge in [0.25, 0.3) is 0 Å². The Hall–Kier alpha value is -0.700. The first kappa shape index (κ1) is 5.44. The summed E-state index contributed by atoms with van der Waals surface area (Å²) in [5.74, 6) is 0. The second-order valence-corrected chi connectivity index (χ2v) is 2.05. The Kier molecular flexibility index (Phi) is 1.13. The van der Waals surface area contributed by atoms with Crippen LogP contribution < -0.4 is 0 Å². The van der Waals surface area contributed by atoms with Crippen LogP contribution in [0.1, 0.15) is 6.92 Å². The summed E-state index contributed by atoms with van der Waals surface area (Å²) in [6.45, 7) is 1.85. The highest BCUT2D eigenvalue weighted by Gasteiger charge is 2.20. The molecular formula is C5H8N2O. The SMILES string of the molecule is CC1(CO)C=CN=N1. The van der Waals surface area contributed by atoms with Crippen LogP contribution in [0, 0.1) is 0 Å². The van der Waals surface area contributed by atoms with Gasteiger partial charge in [-0.25, -0.2) is 0 Å². The van der Waals surface area contributed by atoms with Gasteiger partial charge in [-0.15, -0.1) is 0 Å². The maximum absolute atomic E-state index is 8.62. The van der Waals surface area contributed by atoms with Crippen LogP contribution in [0.25, 0.3) is 0 Å². The molecule has 3 heteroatoms. The minimum atomic E-state index is -0.431. The zero-order chi connectivity index (χ0) is 6.04. The third-order valence-corrected chi connectivity index (χ3v) is 1.11. The van der Waals surface area contributed by atoms with E-state index in [9.17, 15) is 0 Å². The Balaban J connectivity index is 2.69. The molecule has 0 aromatic heterocycles. The molecule has 0 aromatic rings.